The van der Waals surface area contributed by atoms with Crippen molar-refractivity contribution in [2.45, 2.75) is 12.5 Å². The van der Waals surface area contributed by atoms with Crippen LogP contribution in [0.4, 0.5) is 4.39 Å². The summed E-state index contributed by atoms with van der Waals surface area (Å²) in [6.07, 6.45) is 0.294. The fourth-order valence-corrected chi connectivity index (χ4v) is 2.44. The Labute approximate surface area is 107 Å². The number of fused-ring (bicyclic) bond motifs is 1. The van der Waals surface area contributed by atoms with Crippen LogP contribution < -0.4 is 14.8 Å². The Kier molecular flexibility index (Phi) is 2.70. The van der Waals surface area contributed by atoms with Gasteiger partial charge >= 0.3 is 5.97 Å². The molecule has 2 atom stereocenters. The maximum atomic E-state index is 13.9. The number of phenolic OH excluding ortho intramolecular Hbond substituents is 1. The average molecular weight is 269 g/mol. The molecule has 0 aliphatic carbocycles. The van der Waals surface area contributed by atoms with Gasteiger partial charge in [-0.05, 0) is 12.5 Å². The fourth-order valence-electron chi connectivity index (χ4n) is 2.44. The van der Waals surface area contributed by atoms with Gasteiger partial charge in [0.15, 0.2) is 11.5 Å². The van der Waals surface area contributed by atoms with Crippen LogP contribution in [0.2, 0.25) is 0 Å². The number of ether oxygens (including phenoxy) is 2. The molecule has 6 nitrogen and oxygen atoms in total. The van der Waals surface area contributed by atoms with Crippen LogP contribution in [-0.2, 0) is 4.79 Å². The Morgan fingerprint density at radius 2 is 2.26 bits per heavy atom. The monoisotopic (exact) mass is 269 g/mol. The lowest BCUT2D eigenvalue weighted by atomic mass is 9.98. The van der Waals surface area contributed by atoms with E-state index < -0.39 is 29.5 Å². The maximum absolute atomic E-state index is 13.9. The molecule has 0 amide bonds. The van der Waals surface area contributed by atoms with E-state index in [0.29, 0.717) is 12.0 Å². The predicted octanol–water partition coefficient (Wildman–Crippen LogP) is 0.995. The largest absolute Gasteiger partial charge is 0.504 e. The molecule has 0 bridgehead atoms. The molecule has 102 valence electrons. The van der Waals surface area contributed by atoms with Crippen LogP contribution in [0.5, 0.6) is 17.2 Å². The van der Waals surface area contributed by atoms with Crippen molar-refractivity contribution in [3.8, 4) is 17.2 Å². The summed E-state index contributed by atoms with van der Waals surface area (Å²) in [5, 5.41) is 21.7. The van der Waals surface area contributed by atoms with Gasteiger partial charge in [0.2, 0.25) is 18.4 Å². The summed E-state index contributed by atoms with van der Waals surface area (Å²) in [7, 11) is 0. The molecule has 1 aromatic carbocycles. The topological polar surface area (TPSA) is 88.0 Å². The molecule has 0 aromatic heterocycles. The number of halogens is 1. The zero-order chi connectivity index (χ0) is 13.6. The number of hydrogen-bond donors (Lipinski definition) is 3. The van der Waals surface area contributed by atoms with E-state index in [1.54, 1.807) is 0 Å². The summed E-state index contributed by atoms with van der Waals surface area (Å²) in [5.41, 5.74) is 0.297. The first-order valence-electron chi connectivity index (χ1n) is 5.85. The number of rotatable bonds is 2. The number of nitrogens with one attached hydrogen (secondary N) is 1. The second-order valence-corrected chi connectivity index (χ2v) is 4.59. The van der Waals surface area contributed by atoms with Gasteiger partial charge in [0.1, 0.15) is 0 Å². The summed E-state index contributed by atoms with van der Waals surface area (Å²) in [5.74, 6) is -2.72. The van der Waals surface area contributed by atoms with Crippen molar-refractivity contribution >= 4 is 5.97 Å². The van der Waals surface area contributed by atoms with Crippen molar-refractivity contribution in [1.82, 2.24) is 5.32 Å². The molecule has 1 aromatic rings. The van der Waals surface area contributed by atoms with Gasteiger partial charge in [0.25, 0.3) is 0 Å². The number of benzene rings is 1. The Bertz CT molecular complexity index is 547. The molecule has 0 radical (unpaired) electrons. The number of aromatic hydroxyl groups is 1. The van der Waals surface area contributed by atoms with Gasteiger partial charge in [-0.15, -0.1) is 0 Å². The molecule has 1 fully saturated rings. The minimum Gasteiger partial charge on any atom is -0.504 e. The third kappa shape index (κ3) is 1.86. The SMILES string of the molecule is O=C(O)C1CNC(c2cc3c(c(F)c2O)OCO3)C1. The Hall–Kier alpha value is -2.02. The van der Waals surface area contributed by atoms with Crippen molar-refractivity contribution in [3.05, 3.63) is 17.4 Å². The number of carboxylic acid groups (broad SMARTS) is 1. The quantitative estimate of drug-likeness (QED) is 0.742. The first-order chi connectivity index (χ1) is 9.08. The molecular weight excluding hydrogens is 257 g/mol. The second-order valence-electron chi connectivity index (χ2n) is 4.59. The molecule has 7 heteroatoms. The number of phenols is 1. The smallest absolute Gasteiger partial charge is 0.307 e. The summed E-state index contributed by atoms with van der Waals surface area (Å²) >= 11 is 0. The minimum atomic E-state index is -0.907. The highest BCUT2D eigenvalue weighted by Crippen LogP contribution is 2.45. The van der Waals surface area contributed by atoms with Crippen LogP contribution in [0.3, 0.4) is 0 Å². The highest BCUT2D eigenvalue weighted by atomic mass is 19.1. The molecule has 2 aliphatic rings. The minimum absolute atomic E-state index is 0.0923. The Morgan fingerprint density at radius 3 is 2.95 bits per heavy atom. The highest BCUT2D eigenvalue weighted by molar-refractivity contribution is 5.71. The number of hydrogen-bond acceptors (Lipinski definition) is 5. The molecule has 2 unspecified atom stereocenters. The van der Waals surface area contributed by atoms with Crippen molar-refractivity contribution in [1.29, 1.82) is 0 Å². The average Bonchev–Trinajstić information content (AvgIpc) is 3.01. The molecule has 2 heterocycles. The van der Waals surface area contributed by atoms with Crippen molar-refractivity contribution in [2.75, 3.05) is 13.3 Å². The lowest BCUT2D eigenvalue weighted by molar-refractivity contribution is -0.141. The van der Waals surface area contributed by atoms with E-state index in [0.717, 1.165) is 0 Å². The Balaban J connectivity index is 1.94. The van der Waals surface area contributed by atoms with Crippen LogP contribution in [0, 0.1) is 11.7 Å². The van der Waals surface area contributed by atoms with Crippen LogP contribution >= 0.6 is 0 Å². The predicted molar refractivity (Wildman–Crippen MR) is 60.7 cm³/mol. The third-order valence-electron chi connectivity index (χ3n) is 3.46. The van der Waals surface area contributed by atoms with Gasteiger partial charge in [-0.3, -0.25) is 4.79 Å². The molecule has 1 saturated heterocycles. The highest BCUT2D eigenvalue weighted by Gasteiger charge is 2.34. The van der Waals surface area contributed by atoms with Gasteiger partial charge in [-0.25, -0.2) is 0 Å². The lowest BCUT2D eigenvalue weighted by Crippen LogP contribution is -2.17. The molecule has 0 saturated carbocycles. The molecule has 19 heavy (non-hydrogen) atoms. The van der Waals surface area contributed by atoms with Crippen LogP contribution in [0.15, 0.2) is 6.07 Å². The van der Waals surface area contributed by atoms with Crippen molar-refractivity contribution in [3.63, 3.8) is 0 Å². The summed E-state index contributed by atoms with van der Waals surface area (Å²) < 4.78 is 23.9. The van der Waals surface area contributed by atoms with E-state index in [-0.39, 0.29) is 24.8 Å². The number of carbonyl (C=O) groups is 1. The molecule has 3 rings (SSSR count). The second kappa shape index (κ2) is 4.27. The fraction of sp³-hybridized carbons (Fsp3) is 0.417. The third-order valence-corrected chi connectivity index (χ3v) is 3.46. The van der Waals surface area contributed by atoms with Gasteiger partial charge in [0, 0.05) is 18.2 Å². The first-order valence-corrected chi connectivity index (χ1v) is 5.85. The Morgan fingerprint density at radius 1 is 1.47 bits per heavy atom. The van der Waals surface area contributed by atoms with Crippen molar-refractivity contribution < 1.29 is 28.9 Å². The van der Waals surface area contributed by atoms with Crippen LogP contribution in [0.1, 0.15) is 18.0 Å². The van der Waals surface area contributed by atoms with Gasteiger partial charge in [-0.1, -0.05) is 0 Å². The molecule has 3 N–H and O–H groups in total. The first kappa shape index (κ1) is 12.0. The zero-order valence-electron chi connectivity index (χ0n) is 9.85. The molecule has 2 aliphatic heterocycles. The molecular formula is C12H12FNO5. The summed E-state index contributed by atoms with van der Waals surface area (Å²) in [4.78, 5) is 10.9. The van der Waals surface area contributed by atoms with E-state index in [2.05, 4.69) is 5.32 Å². The van der Waals surface area contributed by atoms with Crippen LogP contribution in [-0.4, -0.2) is 29.5 Å². The lowest BCUT2D eigenvalue weighted by Gasteiger charge is -2.14. The van der Waals surface area contributed by atoms with E-state index in [4.69, 9.17) is 14.6 Å². The summed E-state index contributed by atoms with van der Waals surface area (Å²) in [6, 6.07) is 1.08. The standard InChI is InChI=1S/C12H12FNO5/c13-9-10(15)6(2-8-11(9)19-4-18-8)7-1-5(3-14-7)12(16)17/h2,5,7,14-15H,1,3-4H2,(H,16,17). The molecule has 0 spiro atoms. The van der Waals surface area contributed by atoms with E-state index in [9.17, 15) is 14.3 Å². The maximum Gasteiger partial charge on any atom is 0.307 e. The van der Waals surface area contributed by atoms with Crippen molar-refractivity contribution in [2.24, 2.45) is 5.92 Å². The van der Waals surface area contributed by atoms with Gasteiger partial charge in [-0.2, -0.15) is 4.39 Å². The van der Waals surface area contributed by atoms with E-state index in [1.165, 1.54) is 6.07 Å². The van der Waals surface area contributed by atoms with Gasteiger partial charge < -0.3 is 25.0 Å². The normalized spacial score (nSPS) is 24.7. The van der Waals surface area contributed by atoms with Crippen LogP contribution in [0.25, 0.3) is 0 Å². The number of aliphatic carboxylic acids is 1. The van der Waals surface area contributed by atoms with E-state index in [1.807, 2.05) is 0 Å². The zero-order valence-corrected chi connectivity index (χ0v) is 9.85. The van der Waals surface area contributed by atoms with Gasteiger partial charge in [0.05, 0.1) is 5.92 Å². The van der Waals surface area contributed by atoms with E-state index >= 15 is 0 Å². The summed E-state index contributed by atoms with van der Waals surface area (Å²) in [6.45, 7) is 0.195. The number of carboxylic acids is 1.